The van der Waals surface area contributed by atoms with Crippen molar-refractivity contribution >= 4 is 73.2 Å². The van der Waals surface area contributed by atoms with Crippen molar-refractivity contribution in [2.45, 2.75) is 18.7 Å². The molecule has 0 aliphatic carbocycles. The van der Waals surface area contributed by atoms with Gasteiger partial charge in [-0.25, -0.2) is 14.4 Å². The number of thioether (sulfide) groups is 2. The number of aromatic nitrogens is 1. The Bertz CT molecular complexity index is 1540. The molecule has 2 aliphatic heterocycles. The number of anilines is 2. The molecule has 4 aromatic rings. The Morgan fingerprint density at radius 1 is 1.03 bits per heavy atom. The fourth-order valence-electron chi connectivity index (χ4n) is 4.12. The van der Waals surface area contributed by atoms with E-state index in [4.69, 9.17) is 4.99 Å². The highest BCUT2D eigenvalue weighted by molar-refractivity contribution is 8.20. The summed E-state index contributed by atoms with van der Waals surface area (Å²) in [6.07, 6.45) is 0. The number of hydrogen-bond acceptors (Lipinski definition) is 7. The lowest BCUT2D eigenvalue weighted by molar-refractivity contribution is -0.113. The van der Waals surface area contributed by atoms with Gasteiger partial charge in [-0.3, -0.25) is 9.69 Å². The number of carbonyl (C=O) groups excluding carboxylic acids is 1. The van der Waals surface area contributed by atoms with Gasteiger partial charge in [0.05, 0.1) is 32.3 Å². The van der Waals surface area contributed by atoms with Crippen LogP contribution in [0.3, 0.4) is 0 Å². The van der Waals surface area contributed by atoms with E-state index in [1.165, 1.54) is 23.9 Å². The quantitative estimate of drug-likeness (QED) is 0.266. The van der Waals surface area contributed by atoms with E-state index in [-0.39, 0.29) is 11.7 Å². The first-order valence-corrected chi connectivity index (χ1v) is 13.5. The van der Waals surface area contributed by atoms with Crippen LogP contribution in [0.15, 0.2) is 86.6 Å². The number of thiazole rings is 1. The van der Waals surface area contributed by atoms with Gasteiger partial charge >= 0.3 is 0 Å². The number of amidine groups is 1. The molecule has 3 heterocycles. The van der Waals surface area contributed by atoms with Gasteiger partial charge in [-0.1, -0.05) is 23.9 Å². The molecule has 1 amide bonds. The van der Waals surface area contributed by atoms with Crippen LogP contribution in [0.4, 0.5) is 21.5 Å². The molecule has 35 heavy (non-hydrogen) atoms. The van der Waals surface area contributed by atoms with Crippen molar-refractivity contribution in [3.05, 3.63) is 87.5 Å². The maximum Gasteiger partial charge on any atom is 0.274 e. The Morgan fingerprint density at radius 3 is 2.63 bits per heavy atom. The first-order valence-electron chi connectivity index (χ1n) is 11.0. The minimum absolute atomic E-state index is 0.167. The lowest BCUT2D eigenvalue weighted by Crippen LogP contribution is -2.29. The molecular weight excluding hydrogens is 500 g/mol. The molecule has 0 atom stereocenters. The number of nitrogens with zero attached hydrogens (tertiary/aromatic N) is 4. The van der Waals surface area contributed by atoms with Crippen LogP contribution in [0.5, 0.6) is 0 Å². The van der Waals surface area contributed by atoms with Gasteiger partial charge < -0.3 is 4.90 Å². The Morgan fingerprint density at radius 2 is 1.83 bits per heavy atom. The molecule has 1 fully saturated rings. The molecule has 6 rings (SSSR count). The summed E-state index contributed by atoms with van der Waals surface area (Å²) in [5.41, 5.74) is 3.27. The van der Waals surface area contributed by atoms with Crippen LogP contribution >= 0.6 is 34.9 Å². The van der Waals surface area contributed by atoms with Gasteiger partial charge in [-0.05, 0) is 80.2 Å². The molecular formula is C26H19FN4OS3. The SMILES string of the molecule is CCN1/C(=C2/SC(=Nc3ccc4sc(C)nc4c3)N(c3ccc(F)cc3)C2=O)Sc2ccccc21. The number of para-hydroxylation sites is 1. The summed E-state index contributed by atoms with van der Waals surface area (Å²) in [6, 6.07) is 20.0. The van der Waals surface area contributed by atoms with Gasteiger partial charge in [0.25, 0.3) is 5.91 Å². The van der Waals surface area contributed by atoms with Crippen LogP contribution < -0.4 is 9.80 Å². The van der Waals surface area contributed by atoms with Crippen molar-refractivity contribution in [2.75, 3.05) is 16.3 Å². The Labute approximate surface area is 214 Å². The summed E-state index contributed by atoms with van der Waals surface area (Å²) in [5.74, 6) is -0.520. The first-order chi connectivity index (χ1) is 17.0. The number of benzene rings is 3. The molecule has 0 N–H and O–H groups in total. The predicted octanol–water partition coefficient (Wildman–Crippen LogP) is 7.31. The normalized spacial score (nSPS) is 18.8. The Balaban J connectivity index is 1.47. The molecule has 0 saturated carbocycles. The number of fused-ring (bicyclic) bond motifs is 2. The van der Waals surface area contributed by atoms with Crippen molar-refractivity contribution in [1.29, 1.82) is 0 Å². The standard InChI is InChI=1S/C26H19FN4OS3/c1-3-30-20-6-4-5-7-22(20)34-25(30)23-24(32)31(18-11-8-16(27)9-12-18)26(35-23)29-17-10-13-21-19(14-17)28-15(2)33-21/h4-14H,3H2,1-2H3/b25-23-,29-26?. The van der Waals surface area contributed by atoms with Crippen molar-refractivity contribution in [1.82, 2.24) is 4.98 Å². The third-order valence-electron chi connectivity index (χ3n) is 5.69. The predicted molar refractivity (Wildman–Crippen MR) is 145 cm³/mol. The molecule has 1 saturated heterocycles. The molecule has 174 valence electrons. The molecule has 0 unspecified atom stereocenters. The second-order valence-corrected chi connectivity index (χ2v) is 11.2. The minimum atomic E-state index is -0.353. The second-order valence-electron chi connectivity index (χ2n) is 7.95. The van der Waals surface area contributed by atoms with Gasteiger partial charge in [0.2, 0.25) is 0 Å². The average Bonchev–Trinajstić information content (AvgIpc) is 3.51. The highest BCUT2D eigenvalue weighted by atomic mass is 32.2. The van der Waals surface area contributed by atoms with Crippen LogP contribution in [-0.4, -0.2) is 22.6 Å². The molecule has 9 heteroatoms. The largest absolute Gasteiger partial charge is 0.334 e. The van der Waals surface area contributed by atoms with E-state index in [9.17, 15) is 9.18 Å². The highest BCUT2D eigenvalue weighted by Gasteiger charge is 2.40. The first kappa shape index (κ1) is 22.3. The summed E-state index contributed by atoms with van der Waals surface area (Å²) >= 11 is 4.58. The second kappa shape index (κ2) is 8.82. The van der Waals surface area contributed by atoms with Crippen molar-refractivity contribution in [3.8, 4) is 0 Å². The van der Waals surface area contributed by atoms with Crippen molar-refractivity contribution in [2.24, 2.45) is 4.99 Å². The van der Waals surface area contributed by atoms with Crippen LogP contribution in [0.1, 0.15) is 11.9 Å². The zero-order valence-corrected chi connectivity index (χ0v) is 21.3. The van der Waals surface area contributed by atoms with Gasteiger partial charge in [0.15, 0.2) is 5.17 Å². The lowest BCUT2D eigenvalue weighted by atomic mass is 10.2. The van der Waals surface area contributed by atoms with Gasteiger partial charge in [0.1, 0.15) is 15.8 Å². The summed E-state index contributed by atoms with van der Waals surface area (Å²) in [5, 5.41) is 2.42. The molecule has 2 aliphatic rings. The van der Waals surface area contributed by atoms with E-state index >= 15 is 0 Å². The summed E-state index contributed by atoms with van der Waals surface area (Å²) in [6.45, 7) is 4.79. The van der Waals surface area contributed by atoms with E-state index in [0.717, 1.165) is 37.4 Å². The molecule has 0 spiro atoms. The monoisotopic (exact) mass is 518 g/mol. The number of carbonyl (C=O) groups is 1. The lowest BCUT2D eigenvalue weighted by Gasteiger charge is -2.19. The van der Waals surface area contributed by atoms with Gasteiger partial charge in [-0.2, -0.15) is 0 Å². The Kier molecular flexibility index (Phi) is 5.63. The zero-order valence-electron chi connectivity index (χ0n) is 18.9. The number of hydrogen-bond donors (Lipinski definition) is 0. The van der Waals surface area contributed by atoms with Gasteiger partial charge in [0, 0.05) is 11.4 Å². The maximum atomic E-state index is 13.8. The highest BCUT2D eigenvalue weighted by Crippen LogP contribution is 2.51. The van der Waals surface area contributed by atoms with E-state index in [1.54, 1.807) is 40.1 Å². The van der Waals surface area contributed by atoms with Crippen LogP contribution in [0.2, 0.25) is 0 Å². The fraction of sp³-hybridized carbons (Fsp3) is 0.115. The van der Waals surface area contributed by atoms with Crippen LogP contribution in [0.25, 0.3) is 10.2 Å². The van der Waals surface area contributed by atoms with E-state index < -0.39 is 0 Å². The van der Waals surface area contributed by atoms with E-state index in [1.807, 2.05) is 37.3 Å². The summed E-state index contributed by atoms with van der Waals surface area (Å²) in [7, 11) is 0. The van der Waals surface area contributed by atoms with Crippen molar-refractivity contribution < 1.29 is 9.18 Å². The number of aryl methyl sites for hydroxylation is 1. The number of amides is 1. The maximum absolute atomic E-state index is 13.8. The smallest absolute Gasteiger partial charge is 0.274 e. The topological polar surface area (TPSA) is 48.8 Å². The number of rotatable bonds is 3. The Hall–Kier alpha value is -3.14. The van der Waals surface area contributed by atoms with Gasteiger partial charge in [-0.15, -0.1) is 11.3 Å². The van der Waals surface area contributed by atoms with E-state index in [0.29, 0.717) is 21.4 Å². The zero-order chi connectivity index (χ0) is 24.1. The fourth-order valence-corrected chi connectivity index (χ4v) is 7.33. The minimum Gasteiger partial charge on any atom is -0.334 e. The van der Waals surface area contributed by atoms with E-state index in [2.05, 4.69) is 28.9 Å². The summed E-state index contributed by atoms with van der Waals surface area (Å²) in [4.78, 5) is 28.7. The summed E-state index contributed by atoms with van der Waals surface area (Å²) < 4.78 is 14.8. The number of halogens is 1. The van der Waals surface area contributed by atoms with Crippen LogP contribution in [0, 0.1) is 12.7 Å². The van der Waals surface area contributed by atoms with Crippen LogP contribution in [-0.2, 0) is 4.79 Å². The third kappa shape index (κ3) is 3.93. The molecule has 0 radical (unpaired) electrons. The molecule has 3 aromatic carbocycles. The van der Waals surface area contributed by atoms with Crippen molar-refractivity contribution in [3.63, 3.8) is 0 Å². The molecule has 5 nitrogen and oxygen atoms in total. The third-order valence-corrected chi connectivity index (χ3v) is 8.98. The molecule has 0 bridgehead atoms. The molecule has 1 aromatic heterocycles. The number of aliphatic imine (C=N–C) groups is 1. The average molecular weight is 519 g/mol.